The van der Waals surface area contributed by atoms with Crippen molar-refractivity contribution in [1.29, 1.82) is 0 Å². The number of esters is 1. The fourth-order valence-corrected chi connectivity index (χ4v) is 3.58. The van der Waals surface area contributed by atoms with E-state index in [1.54, 1.807) is 19.9 Å². The number of carbonyl (C=O) groups excluding carboxylic acids is 1. The van der Waals surface area contributed by atoms with Gasteiger partial charge in [-0.1, -0.05) is 38.8 Å². The van der Waals surface area contributed by atoms with Gasteiger partial charge < -0.3 is 14.0 Å². The van der Waals surface area contributed by atoms with E-state index in [2.05, 4.69) is 6.92 Å². The van der Waals surface area contributed by atoms with Crippen LogP contribution in [0.25, 0.3) is 0 Å². The summed E-state index contributed by atoms with van der Waals surface area (Å²) in [6, 6.07) is 7.27. The minimum Gasteiger partial charge on any atom is -0.493 e. The first-order valence-electron chi connectivity index (χ1n) is 8.39. The van der Waals surface area contributed by atoms with E-state index in [-0.39, 0.29) is 0 Å². The van der Waals surface area contributed by atoms with Crippen molar-refractivity contribution in [3.63, 3.8) is 0 Å². The molecule has 0 bridgehead atoms. The molecule has 0 spiro atoms. The minimum atomic E-state index is -2.39. The van der Waals surface area contributed by atoms with Crippen molar-refractivity contribution < 1.29 is 18.8 Å². The Morgan fingerprint density at radius 1 is 1.09 bits per heavy atom. The van der Waals surface area contributed by atoms with Gasteiger partial charge in [-0.2, -0.15) is 0 Å². The van der Waals surface area contributed by atoms with Crippen molar-refractivity contribution in [3.05, 3.63) is 24.3 Å². The van der Waals surface area contributed by atoms with E-state index in [9.17, 15) is 9.36 Å². The van der Waals surface area contributed by atoms with Gasteiger partial charge in [-0.15, -0.1) is 0 Å². The molecule has 130 valence electrons. The molecule has 1 rings (SSSR count). The Kier molecular flexibility index (Phi) is 8.40. The molecule has 0 aromatic heterocycles. The summed E-state index contributed by atoms with van der Waals surface area (Å²) in [5.41, 5.74) is 0. The molecule has 0 saturated heterocycles. The monoisotopic (exact) mass is 340 g/mol. The molecule has 1 atom stereocenters. The second-order valence-electron chi connectivity index (χ2n) is 6.14. The molecule has 23 heavy (non-hydrogen) atoms. The van der Waals surface area contributed by atoms with Gasteiger partial charge in [0.2, 0.25) is 0 Å². The van der Waals surface area contributed by atoms with Gasteiger partial charge in [0.25, 0.3) is 0 Å². The second kappa shape index (κ2) is 9.77. The van der Waals surface area contributed by atoms with Crippen molar-refractivity contribution in [2.75, 3.05) is 13.2 Å². The van der Waals surface area contributed by atoms with Gasteiger partial charge in [0.05, 0.1) is 18.5 Å². The smallest absolute Gasteiger partial charge is 0.319 e. The molecule has 0 aliphatic carbocycles. The normalized spacial score (nSPS) is 12.7. The number of rotatable bonds is 10. The zero-order valence-corrected chi connectivity index (χ0v) is 15.7. The van der Waals surface area contributed by atoms with Crippen molar-refractivity contribution in [2.45, 2.75) is 58.5 Å². The van der Waals surface area contributed by atoms with E-state index in [1.807, 2.05) is 25.1 Å². The molecule has 0 aliphatic rings. The Hall–Kier alpha value is -1.28. The summed E-state index contributed by atoms with van der Waals surface area (Å²) in [5.74, 6) is 0.206. The lowest BCUT2D eigenvalue weighted by Crippen LogP contribution is -2.33. The highest BCUT2D eigenvalue weighted by atomic mass is 31.1. The molecule has 1 unspecified atom stereocenters. The summed E-state index contributed by atoms with van der Waals surface area (Å²) in [5, 5.41) is -0.422. The predicted octanol–water partition coefficient (Wildman–Crippen LogP) is 4.17. The van der Waals surface area contributed by atoms with Gasteiger partial charge in [0.15, 0.2) is 0 Å². The van der Waals surface area contributed by atoms with Crippen LogP contribution in [0.3, 0.4) is 0 Å². The first-order valence-corrected chi connectivity index (χ1v) is 9.79. The maximum absolute atomic E-state index is 13.0. The molecule has 0 aliphatic heterocycles. The highest BCUT2D eigenvalue weighted by molar-refractivity contribution is 7.56. The standard InChI is InChI=1S/C18H29O4P/c1-5-7-13-21-15-11-9-10-12-16(15)23(20)18(3,4)17(19)22-14-8-6-2/h9-12,23H,5-8,13-14H2,1-4H3. The fourth-order valence-electron chi connectivity index (χ4n) is 2.03. The van der Waals surface area contributed by atoms with Crippen molar-refractivity contribution in [2.24, 2.45) is 0 Å². The molecule has 0 heterocycles. The average Bonchev–Trinajstić information content (AvgIpc) is 2.55. The molecular weight excluding hydrogens is 311 g/mol. The molecule has 0 radical (unpaired) electrons. The molecular formula is C18H29O4P. The van der Waals surface area contributed by atoms with Crippen LogP contribution in [-0.4, -0.2) is 24.3 Å². The third kappa shape index (κ3) is 5.69. The summed E-state index contributed by atoms with van der Waals surface area (Å²) < 4.78 is 24.0. The third-order valence-electron chi connectivity index (χ3n) is 3.70. The Balaban J connectivity index is 2.88. The van der Waals surface area contributed by atoms with E-state index in [4.69, 9.17) is 9.47 Å². The zero-order valence-electron chi connectivity index (χ0n) is 14.7. The van der Waals surface area contributed by atoms with Gasteiger partial charge in [-0.3, -0.25) is 4.79 Å². The summed E-state index contributed by atoms with van der Waals surface area (Å²) >= 11 is 0. The number of hydrogen-bond acceptors (Lipinski definition) is 4. The highest BCUT2D eigenvalue weighted by Gasteiger charge is 2.37. The zero-order chi connectivity index (χ0) is 17.3. The maximum atomic E-state index is 13.0. The Bertz CT molecular complexity index is 526. The van der Waals surface area contributed by atoms with Gasteiger partial charge >= 0.3 is 5.97 Å². The molecule has 1 aromatic carbocycles. The maximum Gasteiger partial charge on any atom is 0.319 e. The number of hydrogen-bond donors (Lipinski definition) is 0. The Morgan fingerprint density at radius 3 is 2.35 bits per heavy atom. The summed E-state index contributed by atoms with van der Waals surface area (Å²) in [6.45, 7) is 8.46. The Labute approximate surface area is 140 Å². The SMILES string of the molecule is CCCCOC(=O)C(C)(C)[PH](=O)c1ccccc1OCCCC. The van der Waals surface area contributed by atoms with E-state index in [1.165, 1.54) is 0 Å². The van der Waals surface area contributed by atoms with Gasteiger partial charge in [-0.05, 0) is 38.8 Å². The third-order valence-corrected chi connectivity index (χ3v) is 5.94. The van der Waals surface area contributed by atoms with Crippen molar-refractivity contribution in [1.82, 2.24) is 0 Å². The van der Waals surface area contributed by atoms with Crippen LogP contribution in [0.15, 0.2) is 24.3 Å². The van der Waals surface area contributed by atoms with Crippen LogP contribution in [0, 0.1) is 0 Å². The lowest BCUT2D eigenvalue weighted by atomic mass is 10.2. The van der Waals surface area contributed by atoms with Crippen LogP contribution < -0.4 is 10.0 Å². The summed E-state index contributed by atoms with van der Waals surface area (Å²) in [6.07, 6.45) is 3.75. The number of unbranched alkanes of at least 4 members (excludes halogenated alkanes) is 2. The first-order chi connectivity index (χ1) is 10.9. The highest BCUT2D eigenvalue weighted by Crippen LogP contribution is 2.41. The largest absolute Gasteiger partial charge is 0.493 e. The molecule has 5 heteroatoms. The summed E-state index contributed by atoms with van der Waals surface area (Å²) in [7, 11) is -2.39. The molecule has 0 fully saturated rings. The number of carbonyl (C=O) groups is 1. The summed E-state index contributed by atoms with van der Waals surface area (Å²) in [4.78, 5) is 12.3. The lowest BCUT2D eigenvalue weighted by Gasteiger charge is -2.23. The van der Waals surface area contributed by atoms with Crippen molar-refractivity contribution >= 4 is 19.1 Å². The minimum absolute atomic E-state index is 0.378. The molecule has 0 N–H and O–H groups in total. The van der Waals surface area contributed by atoms with Crippen molar-refractivity contribution in [3.8, 4) is 5.75 Å². The second-order valence-corrected chi connectivity index (χ2v) is 8.59. The van der Waals surface area contributed by atoms with Crippen LogP contribution in [0.4, 0.5) is 0 Å². The first kappa shape index (κ1) is 19.8. The van der Waals surface area contributed by atoms with Crippen LogP contribution in [-0.2, 0) is 14.1 Å². The molecule has 1 aromatic rings. The van der Waals surface area contributed by atoms with Gasteiger partial charge in [0.1, 0.15) is 18.7 Å². The number of para-hydroxylation sites is 1. The van der Waals surface area contributed by atoms with E-state index in [0.717, 1.165) is 25.7 Å². The number of benzene rings is 1. The predicted molar refractivity (Wildman–Crippen MR) is 95.4 cm³/mol. The Morgan fingerprint density at radius 2 is 1.70 bits per heavy atom. The quantitative estimate of drug-likeness (QED) is 0.364. The molecule has 4 nitrogen and oxygen atoms in total. The molecule has 0 saturated carbocycles. The van der Waals surface area contributed by atoms with Crippen LogP contribution in [0.5, 0.6) is 5.75 Å². The number of ether oxygens (including phenoxy) is 2. The van der Waals surface area contributed by atoms with E-state index in [0.29, 0.717) is 24.3 Å². The topological polar surface area (TPSA) is 52.6 Å². The van der Waals surface area contributed by atoms with E-state index >= 15 is 0 Å². The lowest BCUT2D eigenvalue weighted by molar-refractivity contribution is -0.145. The van der Waals surface area contributed by atoms with Crippen LogP contribution in [0.1, 0.15) is 53.4 Å². The van der Waals surface area contributed by atoms with E-state index < -0.39 is 18.9 Å². The van der Waals surface area contributed by atoms with Crippen LogP contribution in [0.2, 0.25) is 0 Å². The fraction of sp³-hybridized carbons (Fsp3) is 0.611. The molecule has 0 amide bonds. The van der Waals surface area contributed by atoms with Crippen LogP contribution >= 0.6 is 7.80 Å². The van der Waals surface area contributed by atoms with Gasteiger partial charge in [-0.25, -0.2) is 0 Å². The average molecular weight is 340 g/mol. The van der Waals surface area contributed by atoms with Gasteiger partial charge in [0, 0.05) is 0 Å².